The molecule has 1 saturated heterocycles. The summed E-state index contributed by atoms with van der Waals surface area (Å²) in [6.45, 7) is 2.22. The molecule has 1 aromatic heterocycles. The van der Waals surface area contributed by atoms with Gasteiger partial charge in [0.05, 0.1) is 16.4 Å². The van der Waals surface area contributed by atoms with Gasteiger partial charge in [0.1, 0.15) is 15.8 Å². The first-order valence-corrected chi connectivity index (χ1v) is 10.3. The molecule has 0 saturated carbocycles. The SMILES string of the molecule is Cc1cc([N+](=O)[O-])ccc1-c1ccc(C=C2SC(=S)N(Cc3ccccc3)C2=O)o1. The molecule has 0 N–H and O–H groups in total. The van der Waals surface area contributed by atoms with Crippen molar-refractivity contribution >= 4 is 46.0 Å². The summed E-state index contributed by atoms with van der Waals surface area (Å²) in [5.74, 6) is 0.940. The van der Waals surface area contributed by atoms with Crippen LogP contribution in [0.15, 0.2) is 70.0 Å². The van der Waals surface area contributed by atoms with Crippen LogP contribution in [0.5, 0.6) is 0 Å². The van der Waals surface area contributed by atoms with Crippen molar-refractivity contribution in [3.05, 3.63) is 92.6 Å². The number of nitro groups is 1. The molecule has 0 spiro atoms. The Hall–Kier alpha value is -3.23. The van der Waals surface area contributed by atoms with Gasteiger partial charge in [0, 0.05) is 23.8 Å². The van der Waals surface area contributed by atoms with Crippen molar-refractivity contribution in [3.63, 3.8) is 0 Å². The van der Waals surface area contributed by atoms with Gasteiger partial charge in [-0.2, -0.15) is 0 Å². The predicted octanol–water partition coefficient (Wildman–Crippen LogP) is 5.56. The Bertz CT molecular complexity index is 1180. The fourth-order valence-corrected chi connectivity index (χ4v) is 4.38. The molecule has 1 aliphatic heterocycles. The van der Waals surface area contributed by atoms with Gasteiger partial charge in [-0.1, -0.05) is 54.3 Å². The van der Waals surface area contributed by atoms with E-state index in [4.69, 9.17) is 16.6 Å². The third-order valence-corrected chi connectivity index (χ3v) is 6.02. The van der Waals surface area contributed by atoms with Gasteiger partial charge in [-0.05, 0) is 36.2 Å². The van der Waals surface area contributed by atoms with Crippen molar-refractivity contribution in [3.8, 4) is 11.3 Å². The van der Waals surface area contributed by atoms with Crippen LogP contribution in [0.4, 0.5) is 5.69 Å². The maximum absolute atomic E-state index is 12.8. The van der Waals surface area contributed by atoms with Crippen molar-refractivity contribution in [1.82, 2.24) is 4.90 Å². The number of nitro benzene ring substituents is 1. The molecule has 150 valence electrons. The number of rotatable bonds is 5. The van der Waals surface area contributed by atoms with Gasteiger partial charge in [-0.15, -0.1) is 0 Å². The van der Waals surface area contributed by atoms with Crippen molar-refractivity contribution in [2.24, 2.45) is 0 Å². The highest BCUT2D eigenvalue weighted by atomic mass is 32.2. The summed E-state index contributed by atoms with van der Waals surface area (Å²) < 4.78 is 6.38. The summed E-state index contributed by atoms with van der Waals surface area (Å²) in [6, 6.07) is 17.8. The number of carbonyl (C=O) groups is 1. The normalized spacial score (nSPS) is 15.2. The first kappa shape index (κ1) is 20.1. The Morgan fingerprint density at radius 3 is 2.63 bits per heavy atom. The lowest BCUT2D eigenvalue weighted by molar-refractivity contribution is -0.384. The second-order valence-electron chi connectivity index (χ2n) is 6.71. The number of furan rings is 1. The van der Waals surface area contributed by atoms with Crippen molar-refractivity contribution in [2.75, 3.05) is 0 Å². The summed E-state index contributed by atoms with van der Waals surface area (Å²) in [7, 11) is 0. The standard InChI is InChI=1S/C22H16N2O4S2/c1-14-11-16(24(26)27)7-9-18(14)19-10-8-17(28-19)12-20-21(25)23(22(29)30-20)13-15-5-3-2-4-6-15/h2-12H,13H2,1H3. The number of non-ortho nitro benzene ring substituents is 1. The summed E-state index contributed by atoms with van der Waals surface area (Å²) in [6.07, 6.45) is 1.68. The zero-order valence-electron chi connectivity index (χ0n) is 15.9. The van der Waals surface area contributed by atoms with Crippen molar-refractivity contribution in [2.45, 2.75) is 13.5 Å². The molecule has 0 unspecified atom stereocenters. The molecule has 0 aliphatic carbocycles. The third kappa shape index (κ3) is 4.05. The molecule has 2 aromatic carbocycles. The number of hydrogen-bond acceptors (Lipinski definition) is 6. The van der Waals surface area contributed by atoms with Crippen LogP contribution in [0.3, 0.4) is 0 Å². The van der Waals surface area contributed by atoms with E-state index in [-0.39, 0.29) is 11.6 Å². The van der Waals surface area contributed by atoms with Crippen LogP contribution in [0.2, 0.25) is 0 Å². The number of nitrogens with zero attached hydrogens (tertiary/aromatic N) is 2. The maximum atomic E-state index is 12.8. The Morgan fingerprint density at radius 2 is 1.93 bits per heavy atom. The summed E-state index contributed by atoms with van der Waals surface area (Å²) in [5.41, 5.74) is 2.53. The van der Waals surface area contributed by atoms with E-state index in [0.717, 1.165) is 16.7 Å². The predicted molar refractivity (Wildman–Crippen MR) is 121 cm³/mol. The van der Waals surface area contributed by atoms with Crippen molar-refractivity contribution in [1.29, 1.82) is 0 Å². The van der Waals surface area contributed by atoms with E-state index in [0.29, 0.717) is 27.3 Å². The minimum absolute atomic E-state index is 0.0325. The molecule has 0 radical (unpaired) electrons. The van der Waals surface area contributed by atoms with Gasteiger partial charge in [0.15, 0.2) is 0 Å². The van der Waals surface area contributed by atoms with Crippen LogP contribution in [0.25, 0.3) is 17.4 Å². The highest BCUT2D eigenvalue weighted by Gasteiger charge is 2.32. The molecule has 3 aromatic rings. The molecule has 2 heterocycles. The second-order valence-corrected chi connectivity index (χ2v) is 8.39. The van der Waals surface area contributed by atoms with E-state index in [2.05, 4.69) is 0 Å². The number of carbonyl (C=O) groups excluding carboxylic acids is 1. The van der Waals surface area contributed by atoms with E-state index in [1.54, 1.807) is 36.1 Å². The number of amides is 1. The number of benzene rings is 2. The Labute approximate surface area is 182 Å². The highest BCUT2D eigenvalue weighted by molar-refractivity contribution is 8.26. The molecule has 4 rings (SSSR count). The number of thioether (sulfide) groups is 1. The molecular weight excluding hydrogens is 420 g/mol. The molecule has 0 bridgehead atoms. The van der Waals surface area contributed by atoms with Crippen LogP contribution in [-0.2, 0) is 11.3 Å². The van der Waals surface area contributed by atoms with Crippen molar-refractivity contribution < 1.29 is 14.1 Å². The van der Waals surface area contributed by atoms with Gasteiger partial charge in [-0.3, -0.25) is 19.8 Å². The molecule has 1 amide bonds. The monoisotopic (exact) mass is 436 g/mol. The third-order valence-electron chi connectivity index (χ3n) is 4.64. The zero-order chi connectivity index (χ0) is 21.3. The van der Waals surface area contributed by atoms with Gasteiger partial charge < -0.3 is 4.42 Å². The minimum atomic E-state index is -0.429. The molecular formula is C22H16N2O4S2. The van der Waals surface area contributed by atoms with E-state index in [1.807, 2.05) is 30.3 Å². The fourth-order valence-electron chi connectivity index (χ4n) is 3.14. The van der Waals surface area contributed by atoms with E-state index < -0.39 is 4.92 Å². The molecule has 30 heavy (non-hydrogen) atoms. The lowest BCUT2D eigenvalue weighted by atomic mass is 10.1. The summed E-state index contributed by atoms with van der Waals surface area (Å²) in [4.78, 5) is 25.4. The molecule has 0 atom stereocenters. The van der Waals surface area contributed by atoms with Gasteiger partial charge in [-0.25, -0.2) is 0 Å². The number of hydrogen-bond donors (Lipinski definition) is 0. The van der Waals surface area contributed by atoms with Crippen LogP contribution in [0.1, 0.15) is 16.9 Å². The van der Waals surface area contributed by atoms with E-state index >= 15 is 0 Å². The average Bonchev–Trinajstić information content (AvgIpc) is 3.29. The smallest absolute Gasteiger partial charge is 0.269 e. The lowest BCUT2D eigenvalue weighted by Gasteiger charge is -2.14. The largest absolute Gasteiger partial charge is 0.457 e. The van der Waals surface area contributed by atoms with Crippen LogP contribution in [-0.4, -0.2) is 20.1 Å². The topological polar surface area (TPSA) is 76.6 Å². The second kappa shape index (κ2) is 8.25. The Kier molecular flexibility index (Phi) is 5.52. The average molecular weight is 437 g/mol. The molecule has 1 fully saturated rings. The van der Waals surface area contributed by atoms with E-state index in [9.17, 15) is 14.9 Å². The highest BCUT2D eigenvalue weighted by Crippen LogP contribution is 2.35. The fraction of sp³-hybridized carbons (Fsp3) is 0.0909. The first-order chi connectivity index (χ1) is 14.4. The summed E-state index contributed by atoms with van der Waals surface area (Å²) >= 11 is 6.63. The van der Waals surface area contributed by atoms with Gasteiger partial charge >= 0.3 is 0 Å². The number of thiocarbonyl (C=S) groups is 1. The molecule has 8 heteroatoms. The lowest BCUT2D eigenvalue weighted by Crippen LogP contribution is -2.27. The van der Waals surface area contributed by atoms with E-state index in [1.165, 1.54) is 23.9 Å². The summed E-state index contributed by atoms with van der Waals surface area (Å²) in [5, 5.41) is 10.9. The number of aryl methyl sites for hydroxylation is 1. The molecule has 1 aliphatic rings. The molecule has 6 nitrogen and oxygen atoms in total. The van der Waals surface area contributed by atoms with Crippen LogP contribution < -0.4 is 0 Å². The first-order valence-electron chi connectivity index (χ1n) is 9.07. The Balaban J connectivity index is 1.55. The Morgan fingerprint density at radius 1 is 1.17 bits per heavy atom. The van der Waals surface area contributed by atoms with Gasteiger partial charge in [0.25, 0.3) is 11.6 Å². The quantitative estimate of drug-likeness (QED) is 0.225. The van der Waals surface area contributed by atoms with Crippen LogP contribution in [0, 0.1) is 17.0 Å². The van der Waals surface area contributed by atoms with Gasteiger partial charge in [0.2, 0.25) is 0 Å². The maximum Gasteiger partial charge on any atom is 0.269 e. The zero-order valence-corrected chi connectivity index (χ0v) is 17.5. The minimum Gasteiger partial charge on any atom is -0.457 e. The van der Waals surface area contributed by atoms with Crippen LogP contribution >= 0.6 is 24.0 Å².